The number of carbonyl (C=O) groups is 1. The summed E-state index contributed by atoms with van der Waals surface area (Å²) < 4.78 is 41.4. The topological polar surface area (TPSA) is 41.6 Å². The van der Waals surface area contributed by atoms with E-state index in [1.54, 1.807) is 0 Å². The van der Waals surface area contributed by atoms with Gasteiger partial charge in [-0.05, 0) is 27.8 Å². The Bertz CT molecular complexity index is 282. The van der Waals surface area contributed by atoms with Crippen molar-refractivity contribution in [3.8, 4) is 0 Å². The third-order valence-corrected chi connectivity index (χ3v) is 2.28. The molecule has 0 fully saturated rings. The molecule has 1 N–H and O–H groups in total. The van der Waals surface area contributed by atoms with Crippen molar-refractivity contribution in [1.29, 1.82) is 0 Å². The number of carbonyl (C=O) groups excluding carboxylic acids is 1. The van der Waals surface area contributed by atoms with Crippen LogP contribution < -0.4 is 5.32 Å². The average molecular weight is 270 g/mol. The molecule has 0 rings (SSSR count). The Hall–Kier alpha value is -0.820. The standard InChI is InChI=1S/C11H21F3N2O2/c1-8(2)15-10(3,9(17)18-5)6-16(4)7-11(12,13)14/h8,15H,6-7H2,1-5H3. The van der Waals surface area contributed by atoms with E-state index >= 15 is 0 Å². The molecule has 0 amide bonds. The maximum atomic E-state index is 12.2. The lowest BCUT2D eigenvalue weighted by molar-refractivity contribution is -0.156. The fraction of sp³-hybridized carbons (Fsp3) is 0.909. The number of halogens is 3. The van der Waals surface area contributed by atoms with Gasteiger partial charge in [-0.25, -0.2) is 0 Å². The van der Waals surface area contributed by atoms with Crippen molar-refractivity contribution in [2.45, 2.75) is 38.5 Å². The van der Waals surface area contributed by atoms with Crippen molar-refractivity contribution in [3.63, 3.8) is 0 Å². The summed E-state index contributed by atoms with van der Waals surface area (Å²) in [6.07, 6.45) is -4.29. The molecule has 7 heteroatoms. The fourth-order valence-electron chi connectivity index (χ4n) is 1.93. The van der Waals surface area contributed by atoms with Crippen LogP contribution in [0.25, 0.3) is 0 Å². The summed E-state index contributed by atoms with van der Waals surface area (Å²) in [6.45, 7) is 4.00. The molecule has 108 valence electrons. The number of methoxy groups -OCH3 is 1. The Labute approximate surface area is 105 Å². The number of nitrogens with one attached hydrogen (secondary N) is 1. The number of ether oxygens (including phenoxy) is 1. The highest BCUT2D eigenvalue weighted by Gasteiger charge is 2.38. The average Bonchev–Trinajstić information content (AvgIpc) is 2.11. The summed E-state index contributed by atoms with van der Waals surface area (Å²) in [7, 11) is 2.53. The van der Waals surface area contributed by atoms with Crippen LogP contribution in [0.4, 0.5) is 13.2 Å². The fourth-order valence-corrected chi connectivity index (χ4v) is 1.93. The van der Waals surface area contributed by atoms with Gasteiger partial charge in [0.1, 0.15) is 5.54 Å². The van der Waals surface area contributed by atoms with E-state index in [9.17, 15) is 18.0 Å². The molecule has 0 heterocycles. The minimum absolute atomic E-state index is 0.0478. The van der Waals surface area contributed by atoms with Crippen LogP contribution in [0.2, 0.25) is 0 Å². The highest BCUT2D eigenvalue weighted by atomic mass is 19.4. The monoisotopic (exact) mass is 270 g/mol. The number of hydrogen-bond acceptors (Lipinski definition) is 4. The van der Waals surface area contributed by atoms with Gasteiger partial charge in [0.2, 0.25) is 0 Å². The van der Waals surface area contributed by atoms with Crippen LogP contribution >= 0.6 is 0 Å². The lowest BCUT2D eigenvalue weighted by Gasteiger charge is -2.34. The number of rotatable bonds is 6. The molecule has 0 aromatic carbocycles. The summed E-state index contributed by atoms with van der Waals surface area (Å²) in [5.74, 6) is -0.578. The van der Waals surface area contributed by atoms with E-state index in [4.69, 9.17) is 0 Å². The summed E-state index contributed by atoms with van der Waals surface area (Å²) in [5.41, 5.74) is -1.16. The molecule has 0 aromatic rings. The largest absolute Gasteiger partial charge is 0.468 e. The van der Waals surface area contributed by atoms with Crippen LogP contribution in [-0.4, -0.2) is 55.9 Å². The van der Waals surface area contributed by atoms with Crippen molar-refractivity contribution < 1.29 is 22.7 Å². The molecule has 0 saturated carbocycles. The summed E-state index contributed by atoms with van der Waals surface area (Å²) in [5, 5.41) is 2.94. The Morgan fingerprint density at radius 2 is 1.83 bits per heavy atom. The van der Waals surface area contributed by atoms with Crippen molar-refractivity contribution in [2.75, 3.05) is 27.2 Å². The molecule has 1 unspecified atom stereocenters. The second-order valence-corrected chi connectivity index (χ2v) is 4.91. The lowest BCUT2D eigenvalue weighted by Crippen LogP contribution is -2.59. The molecule has 0 aliphatic heterocycles. The van der Waals surface area contributed by atoms with E-state index < -0.39 is 24.2 Å². The van der Waals surface area contributed by atoms with Crippen LogP contribution in [0, 0.1) is 0 Å². The van der Waals surface area contributed by atoms with E-state index in [0.717, 1.165) is 4.90 Å². The van der Waals surface area contributed by atoms with Crippen LogP contribution in [0.15, 0.2) is 0 Å². The number of hydrogen-bond donors (Lipinski definition) is 1. The zero-order chi connectivity index (χ0) is 14.6. The first-order valence-corrected chi connectivity index (χ1v) is 5.61. The van der Waals surface area contributed by atoms with E-state index in [1.807, 2.05) is 13.8 Å². The SMILES string of the molecule is COC(=O)C(C)(CN(C)CC(F)(F)F)NC(C)C. The second-order valence-electron chi connectivity index (χ2n) is 4.91. The Balaban J connectivity index is 4.74. The molecule has 1 atom stereocenters. The molecule has 0 spiro atoms. The highest BCUT2D eigenvalue weighted by Crippen LogP contribution is 2.18. The van der Waals surface area contributed by atoms with Gasteiger partial charge >= 0.3 is 12.1 Å². The van der Waals surface area contributed by atoms with E-state index in [2.05, 4.69) is 10.1 Å². The van der Waals surface area contributed by atoms with Gasteiger partial charge in [0.25, 0.3) is 0 Å². The van der Waals surface area contributed by atoms with Gasteiger partial charge in [-0.1, -0.05) is 0 Å². The summed E-state index contributed by atoms with van der Waals surface area (Å²) in [6, 6.07) is -0.0478. The third kappa shape index (κ3) is 6.20. The zero-order valence-corrected chi connectivity index (χ0v) is 11.4. The predicted octanol–water partition coefficient (Wildman–Crippen LogP) is 1.41. The molecular formula is C11H21F3N2O2. The third-order valence-electron chi connectivity index (χ3n) is 2.28. The number of nitrogens with zero attached hydrogens (tertiary/aromatic N) is 1. The predicted molar refractivity (Wildman–Crippen MR) is 62.2 cm³/mol. The lowest BCUT2D eigenvalue weighted by atomic mass is 10.0. The first kappa shape index (κ1) is 17.2. The summed E-state index contributed by atoms with van der Waals surface area (Å²) in [4.78, 5) is 12.7. The van der Waals surface area contributed by atoms with E-state index in [0.29, 0.717) is 0 Å². The van der Waals surface area contributed by atoms with Gasteiger partial charge in [-0.3, -0.25) is 15.0 Å². The molecule has 0 bridgehead atoms. The minimum Gasteiger partial charge on any atom is -0.468 e. The molecule has 4 nitrogen and oxygen atoms in total. The van der Waals surface area contributed by atoms with Crippen LogP contribution in [-0.2, 0) is 9.53 Å². The van der Waals surface area contributed by atoms with Crippen LogP contribution in [0.5, 0.6) is 0 Å². The summed E-state index contributed by atoms with van der Waals surface area (Å²) >= 11 is 0. The van der Waals surface area contributed by atoms with Crippen molar-refractivity contribution in [3.05, 3.63) is 0 Å². The van der Waals surface area contributed by atoms with Gasteiger partial charge in [0, 0.05) is 12.6 Å². The van der Waals surface area contributed by atoms with Gasteiger partial charge in [-0.2, -0.15) is 13.2 Å². The zero-order valence-electron chi connectivity index (χ0n) is 11.4. The van der Waals surface area contributed by atoms with E-state index in [1.165, 1.54) is 21.1 Å². The van der Waals surface area contributed by atoms with Crippen molar-refractivity contribution in [2.24, 2.45) is 0 Å². The highest BCUT2D eigenvalue weighted by molar-refractivity contribution is 5.80. The first-order valence-electron chi connectivity index (χ1n) is 5.61. The molecule has 0 saturated heterocycles. The normalized spacial score (nSPS) is 15.9. The second kappa shape index (κ2) is 6.38. The molecule has 0 aliphatic rings. The Kier molecular flexibility index (Phi) is 6.09. The first-order chi connectivity index (χ1) is 8.00. The van der Waals surface area contributed by atoms with Gasteiger partial charge in [-0.15, -0.1) is 0 Å². The van der Waals surface area contributed by atoms with Crippen LogP contribution in [0.1, 0.15) is 20.8 Å². The van der Waals surface area contributed by atoms with Crippen molar-refractivity contribution in [1.82, 2.24) is 10.2 Å². The Morgan fingerprint density at radius 3 is 2.17 bits per heavy atom. The number of alkyl halides is 3. The maximum absolute atomic E-state index is 12.2. The number of esters is 1. The molecule has 0 radical (unpaired) electrons. The molecule has 0 aromatic heterocycles. The molecular weight excluding hydrogens is 249 g/mol. The Morgan fingerprint density at radius 1 is 1.33 bits per heavy atom. The van der Waals surface area contributed by atoms with Gasteiger partial charge < -0.3 is 4.74 Å². The van der Waals surface area contributed by atoms with Gasteiger partial charge in [0.05, 0.1) is 13.7 Å². The molecule has 18 heavy (non-hydrogen) atoms. The smallest absolute Gasteiger partial charge is 0.401 e. The number of likely N-dealkylation sites (N-methyl/N-ethyl adjacent to an activating group) is 1. The maximum Gasteiger partial charge on any atom is 0.401 e. The van der Waals surface area contributed by atoms with Crippen LogP contribution in [0.3, 0.4) is 0 Å². The molecule has 0 aliphatic carbocycles. The van der Waals surface area contributed by atoms with E-state index in [-0.39, 0.29) is 12.6 Å². The minimum atomic E-state index is -4.29. The van der Waals surface area contributed by atoms with Crippen molar-refractivity contribution >= 4 is 5.97 Å². The van der Waals surface area contributed by atoms with Gasteiger partial charge in [0.15, 0.2) is 0 Å². The quantitative estimate of drug-likeness (QED) is 0.741.